The SMILES string of the molecule is CC[C@@H](C)NC(=O)[C@@H](C)N(Cc1ccc(Br)cc1)C(=O)CN(c1ccc2c(c1)OCO2)S(C)(=O)=O. The van der Waals surface area contributed by atoms with Gasteiger partial charge < -0.3 is 19.7 Å². The minimum absolute atomic E-state index is 0.0420. The van der Waals surface area contributed by atoms with Crippen molar-refractivity contribution in [1.82, 2.24) is 10.2 Å². The van der Waals surface area contributed by atoms with Crippen LogP contribution in [-0.2, 0) is 26.2 Å². The van der Waals surface area contributed by atoms with Crippen LogP contribution in [0.2, 0.25) is 0 Å². The van der Waals surface area contributed by atoms with E-state index in [1.165, 1.54) is 11.0 Å². The monoisotopic (exact) mass is 567 g/mol. The number of benzene rings is 2. The Balaban J connectivity index is 1.90. The molecule has 11 heteroatoms. The van der Waals surface area contributed by atoms with Crippen LogP contribution in [0.25, 0.3) is 0 Å². The highest BCUT2D eigenvalue weighted by Crippen LogP contribution is 2.36. The lowest BCUT2D eigenvalue weighted by Gasteiger charge is -2.32. The summed E-state index contributed by atoms with van der Waals surface area (Å²) in [6.07, 6.45) is 1.77. The lowest BCUT2D eigenvalue weighted by molar-refractivity contribution is -0.139. The molecule has 190 valence electrons. The standard InChI is InChI=1S/C24H30BrN3O6S/c1-5-16(2)26-24(30)17(3)27(13-18-6-8-19(25)9-7-18)23(29)14-28(35(4,31)32)20-10-11-21-22(12-20)34-15-33-21/h6-12,16-17H,5,13-15H2,1-4H3,(H,26,30)/t16-,17-/m1/s1. The number of carbonyl (C=O) groups is 2. The van der Waals surface area contributed by atoms with Gasteiger partial charge in [-0.1, -0.05) is 35.0 Å². The molecule has 1 N–H and O–H groups in total. The predicted molar refractivity (Wildman–Crippen MR) is 137 cm³/mol. The molecule has 2 aromatic rings. The van der Waals surface area contributed by atoms with E-state index in [2.05, 4.69) is 21.2 Å². The van der Waals surface area contributed by atoms with Gasteiger partial charge in [0.1, 0.15) is 12.6 Å². The maximum atomic E-state index is 13.6. The van der Waals surface area contributed by atoms with Crippen LogP contribution in [0, 0.1) is 0 Å². The first-order chi connectivity index (χ1) is 16.5. The normalized spacial score (nSPS) is 14.2. The first kappa shape index (κ1) is 26.8. The lowest BCUT2D eigenvalue weighted by Crippen LogP contribution is -2.52. The van der Waals surface area contributed by atoms with Crippen molar-refractivity contribution in [2.45, 2.75) is 45.8 Å². The van der Waals surface area contributed by atoms with Gasteiger partial charge >= 0.3 is 0 Å². The van der Waals surface area contributed by atoms with Gasteiger partial charge in [-0.25, -0.2) is 8.42 Å². The van der Waals surface area contributed by atoms with Gasteiger partial charge in [0.15, 0.2) is 11.5 Å². The minimum Gasteiger partial charge on any atom is -0.454 e. The summed E-state index contributed by atoms with van der Waals surface area (Å²) in [6.45, 7) is 5.18. The van der Waals surface area contributed by atoms with E-state index in [0.717, 1.165) is 27.0 Å². The third kappa shape index (κ3) is 6.88. The molecule has 0 spiro atoms. The van der Waals surface area contributed by atoms with Crippen LogP contribution >= 0.6 is 15.9 Å². The fraction of sp³-hybridized carbons (Fsp3) is 0.417. The Morgan fingerprint density at radius 2 is 1.74 bits per heavy atom. The van der Waals surface area contributed by atoms with Crippen molar-refractivity contribution >= 4 is 43.5 Å². The molecule has 9 nitrogen and oxygen atoms in total. The van der Waals surface area contributed by atoms with Crippen molar-refractivity contribution in [3.8, 4) is 11.5 Å². The summed E-state index contributed by atoms with van der Waals surface area (Å²) < 4.78 is 37.9. The molecule has 0 saturated carbocycles. The second-order valence-electron chi connectivity index (χ2n) is 8.45. The van der Waals surface area contributed by atoms with Crippen LogP contribution in [0.4, 0.5) is 5.69 Å². The summed E-state index contributed by atoms with van der Waals surface area (Å²) in [7, 11) is -3.83. The molecular weight excluding hydrogens is 538 g/mol. The average molecular weight is 568 g/mol. The summed E-state index contributed by atoms with van der Waals surface area (Å²) in [6, 6.07) is 11.2. The van der Waals surface area contributed by atoms with Crippen LogP contribution < -0.4 is 19.1 Å². The van der Waals surface area contributed by atoms with Crippen LogP contribution in [0.15, 0.2) is 46.9 Å². The molecule has 0 unspecified atom stereocenters. The molecule has 0 bridgehead atoms. The molecule has 2 atom stereocenters. The Bertz CT molecular complexity index is 1170. The Morgan fingerprint density at radius 1 is 1.09 bits per heavy atom. The number of halogens is 1. The van der Waals surface area contributed by atoms with Gasteiger partial charge in [0, 0.05) is 23.1 Å². The zero-order valence-corrected chi connectivity index (χ0v) is 22.6. The van der Waals surface area contributed by atoms with Gasteiger partial charge in [-0.05, 0) is 50.1 Å². The Morgan fingerprint density at radius 3 is 2.37 bits per heavy atom. The van der Waals surface area contributed by atoms with Gasteiger partial charge in [0.05, 0.1) is 11.9 Å². The highest BCUT2D eigenvalue weighted by atomic mass is 79.9. The van der Waals surface area contributed by atoms with Crippen LogP contribution in [-0.4, -0.2) is 56.8 Å². The summed E-state index contributed by atoms with van der Waals surface area (Å²) in [4.78, 5) is 27.9. The van der Waals surface area contributed by atoms with Gasteiger partial charge in [-0.2, -0.15) is 0 Å². The minimum atomic E-state index is -3.83. The van der Waals surface area contributed by atoms with Gasteiger partial charge in [0.25, 0.3) is 0 Å². The van der Waals surface area contributed by atoms with Crippen LogP contribution in [0.1, 0.15) is 32.8 Å². The number of nitrogens with zero attached hydrogens (tertiary/aromatic N) is 2. The summed E-state index contributed by atoms with van der Waals surface area (Å²) in [5, 5.41) is 2.90. The number of fused-ring (bicyclic) bond motifs is 1. The number of ether oxygens (including phenoxy) is 2. The molecule has 0 aliphatic carbocycles. The van der Waals surface area contributed by atoms with Gasteiger partial charge in [-0.15, -0.1) is 0 Å². The molecule has 3 rings (SSSR count). The fourth-order valence-corrected chi connectivity index (χ4v) is 4.59. The number of amides is 2. The van der Waals surface area contributed by atoms with Crippen LogP contribution in [0.5, 0.6) is 11.5 Å². The van der Waals surface area contributed by atoms with E-state index in [9.17, 15) is 18.0 Å². The second-order valence-corrected chi connectivity index (χ2v) is 11.3. The van der Waals surface area contributed by atoms with Crippen molar-refractivity contribution in [3.05, 3.63) is 52.5 Å². The van der Waals surface area contributed by atoms with Crippen molar-refractivity contribution in [1.29, 1.82) is 0 Å². The maximum Gasteiger partial charge on any atom is 0.244 e. The second kappa shape index (κ2) is 11.3. The molecule has 1 aliphatic rings. The fourth-order valence-electron chi connectivity index (χ4n) is 3.49. The van der Waals surface area contributed by atoms with E-state index in [0.29, 0.717) is 11.5 Å². The number of hydrogen-bond donors (Lipinski definition) is 1. The number of carbonyl (C=O) groups excluding carboxylic acids is 2. The molecule has 2 aromatic carbocycles. The maximum absolute atomic E-state index is 13.6. The Kier molecular flexibility index (Phi) is 8.65. The van der Waals surface area contributed by atoms with Crippen molar-refractivity contribution in [3.63, 3.8) is 0 Å². The molecule has 1 heterocycles. The average Bonchev–Trinajstić information content (AvgIpc) is 3.28. The zero-order chi connectivity index (χ0) is 25.8. The molecule has 0 radical (unpaired) electrons. The third-order valence-electron chi connectivity index (χ3n) is 5.76. The molecular formula is C24H30BrN3O6S. The molecule has 0 fully saturated rings. The van der Waals surface area contributed by atoms with Crippen molar-refractivity contribution < 1.29 is 27.5 Å². The first-order valence-corrected chi connectivity index (χ1v) is 13.9. The number of anilines is 1. The molecule has 0 saturated heterocycles. The summed E-state index contributed by atoms with van der Waals surface area (Å²) in [5.41, 5.74) is 1.07. The van der Waals surface area contributed by atoms with Crippen molar-refractivity contribution in [2.24, 2.45) is 0 Å². The number of nitrogens with one attached hydrogen (secondary N) is 1. The number of hydrogen-bond acceptors (Lipinski definition) is 6. The lowest BCUT2D eigenvalue weighted by atomic mass is 10.1. The molecule has 0 aromatic heterocycles. The Labute approximate surface area is 214 Å². The smallest absolute Gasteiger partial charge is 0.244 e. The van der Waals surface area contributed by atoms with E-state index in [4.69, 9.17) is 9.47 Å². The number of sulfonamides is 1. The largest absolute Gasteiger partial charge is 0.454 e. The zero-order valence-electron chi connectivity index (χ0n) is 20.2. The topological polar surface area (TPSA) is 105 Å². The van der Waals surface area contributed by atoms with Gasteiger partial charge in [0.2, 0.25) is 28.6 Å². The number of rotatable bonds is 10. The van der Waals surface area contributed by atoms with E-state index in [-0.39, 0.29) is 31.0 Å². The Hall–Kier alpha value is -2.79. The van der Waals surface area contributed by atoms with Gasteiger partial charge in [-0.3, -0.25) is 13.9 Å². The van der Waals surface area contributed by atoms with E-state index in [1.807, 2.05) is 38.1 Å². The highest BCUT2D eigenvalue weighted by Gasteiger charge is 2.31. The molecule has 35 heavy (non-hydrogen) atoms. The molecule has 1 aliphatic heterocycles. The van der Waals surface area contributed by atoms with E-state index in [1.54, 1.807) is 19.1 Å². The van der Waals surface area contributed by atoms with Crippen LogP contribution in [0.3, 0.4) is 0 Å². The summed E-state index contributed by atoms with van der Waals surface area (Å²) >= 11 is 3.39. The predicted octanol–water partition coefficient (Wildman–Crippen LogP) is 3.28. The molecule has 2 amide bonds. The first-order valence-electron chi connectivity index (χ1n) is 11.2. The van der Waals surface area contributed by atoms with E-state index >= 15 is 0 Å². The summed E-state index contributed by atoms with van der Waals surface area (Å²) in [5.74, 6) is 0.0824. The highest BCUT2D eigenvalue weighted by molar-refractivity contribution is 9.10. The quantitative estimate of drug-likeness (QED) is 0.472. The van der Waals surface area contributed by atoms with Crippen molar-refractivity contribution in [2.75, 3.05) is 23.9 Å². The third-order valence-corrected chi connectivity index (χ3v) is 7.43. The van der Waals surface area contributed by atoms with E-state index < -0.39 is 28.5 Å².